The molecule has 0 aliphatic carbocycles. The SMILES string of the molecule is CCNC(=NCCCC(=O)N1Cc2ccccc2C1)N1CCCC(CC(N)=O)C1. The van der Waals surface area contributed by atoms with E-state index in [1.54, 1.807) is 0 Å². The zero-order valence-corrected chi connectivity index (χ0v) is 17.4. The fourth-order valence-electron chi connectivity index (χ4n) is 4.22. The van der Waals surface area contributed by atoms with Gasteiger partial charge < -0.3 is 20.9 Å². The maximum Gasteiger partial charge on any atom is 0.223 e. The summed E-state index contributed by atoms with van der Waals surface area (Å²) in [5, 5.41) is 3.35. The van der Waals surface area contributed by atoms with E-state index >= 15 is 0 Å². The zero-order valence-electron chi connectivity index (χ0n) is 17.4. The van der Waals surface area contributed by atoms with Crippen molar-refractivity contribution in [2.24, 2.45) is 16.6 Å². The fourth-order valence-corrected chi connectivity index (χ4v) is 4.22. The van der Waals surface area contributed by atoms with Crippen molar-refractivity contribution in [1.29, 1.82) is 0 Å². The quantitative estimate of drug-likeness (QED) is 0.416. The van der Waals surface area contributed by atoms with Crippen LogP contribution in [0.4, 0.5) is 0 Å². The van der Waals surface area contributed by atoms with Gasteiger partial charge in [0.2, 0.25) is 11.8 Å². The number of primary amides is 1. The van der Waals surface area contributed by atoms with Crippen LogP contribution in [0, 0.1) is 5.92 Å². The lowest BCUT2D eigenvalue weighted by atomic mass is 9.95. The first kappa shape index (κ1) is 21.1. The number of fused-ring (bicyclic) bond motifs is 1. The molecule has 29 heavy (non-hydrogen) atoms. The monoisotopic (exact) mass is 399 g/mol. The molecule has 1 atom stereocenters. The summed E-state index contributed by atoms with van der Waals surface area (Å²) in [6, 6.07) is 8.25. The van der Waals surface area contributed by atoms with Crippen molar-refractivity contribution in [3.8, 4) is 0 Å². The highest BCUT2D eigenvalue weighted by Crippen LogP contribution is 2.23. The number of carbonyl (C=O) groups excluding carboxylic acids is 2. The summed E-state index contributed by atoms with van der Waals surface area (Å²) in [6.45, 7) is 6.64. The van der Waals surface area contributed by atoms with Crippen LogP contribution >= 0.6 is 0 Å². The number of aliphatic imine (C=N–C) groups is 1. The molecule has 2 heterocycles. The Labute approximate surface area is 173 Å². The molecule has 1 fully saturated rings. The number of hydrogen-bond acceptors (Lipinski definition) is 3. The van der Waals surface area contributed by atoms with Gasteiger partial charge in [-0.2, -0.15) is 0 Å². The minimum absolute atomic E-state index is 0.195. The Bertz CT molecular complexity index is 723. The van der Waals surface area contributed by atoms with E-state index in [4.69, 9.17) is 10.7 Å². The Morgan fingerprint density at radius 3 is 2.59 bits per heavy atom. The van der Waals surface area contributed by atoms with Gasteiger partial charge in [0.15, 0.2) is 5.96 Å². The van der Waals surface area contributed by atoms with Crippen molar-refractivity contribution < 1.29 is 9.59 Å². The lowest BCUT2D eigenvalue weighted by Gasteiger charge is -2.34. The Hall–Kier alpha value is -2.57. The Balaban J connectivity index is 1.47. The first-order valence-electron chi connectivity index (χ1n) is 10.7. The topological polar surface area (TPSA) is 91.0 Å². The third-order valence-electron chi connectivity index (χ3n) is 5.65. The van der Waals surface area contributed by atoms with E-state index in [-0.39, 0.29) is 11.8 Å². The van der Waals surface area contributed by atoms with E-state index in [0.29, 0.717) is 25.3 Å². The van der Waals surface area contributed by atoms with E-state index in [9.17, 15) is 9.59 Å². The minimum Gasteiger partial charge on any atom is -0.370 e. The molecule has 1 saturated heterocycles. The standard InChI is InChI=1S/C22H33N5O2/c1-2-24-22(26-12-6-7-17(14-26)13-20(23)28)25-11-5-10-21(29)27-15-18-8-3-4-9-19(18)16-27/h3-4,8-9,17H,2,5-7,10-16H2,1H3,(H2,23,28)(H,24,25). The molecule has 7 heteroatoms. The van der Waals surface area contributed by atoms with Gasteiger partial charge in [-0.15, -0.1) is 0 Å². The zero-order chi connectivity index (χ0) is 20.6. The van der Waals surface area contributed by atoms with E-state index in [2.05, 4.69) is 29.3 Å². The molecule has 0 saturated carbocycles. The number of benzene rings is 1. The highest BCUT2D eigenvalue weighted by Gasteiger charge is 2.24. The second-order valence-corrected chi connectivity index (χ2v) is 7.98. The molecule has 0 radical (unpaired) electrons. The number of hydrogen-bond donors (Lipinski definition) is 2. The molecule has 0 bridgehead atoms. The molecule has 3 rings (SSSR count). The average molecular weight is 400 g/mol. The third-order valence-corrected chi connectivity index (χ3v) is 5.65. The molecule has 2 aliphatic rings. The van der Waals surface area contributed by atoms with E-state index in [0.717, 1.165) is 57.9 Å². The van der Waals surface area contributed by atoms with Crippen molar-refractivity contribution in [3.63, 3.8) is 0 Å². The lowest BCUT2D eigenvalue weighted by molar-refractivity contribution is -0.131. The summed E-state index contributed by atoms with van der Waals surface area (Å²) in [4.78, 5) is 32.7. The average Bonchev–Trinajstić information content (AvgIpc) is 3.14. The summed E-state index contributed by atoms with van der Waals surface area (Å²) >= 11 is 0. The fraction of sp³-hybridized carbons (Fsp3) is 0.591. The van der Waals surface area contributed by atoms with Gasteiger partial charge in [-0.05, 0) is 43.2 Å². The van der Waals surface area contributed by atoms with Crippen LogP contribution in [0.25, 0.3) is 0 Å². The number of nitrogens with zero attached hydrogens (tertiary/aromatic N) is 3. The van der Waals surface area contributed by atoms with Gasteiger partial charge in [0, 0.05) is 52.1 Å². The molecule has 1 unspecified atom stereocenters. The molecule has 158 valence electrons. The maximum absolute atomic E-state index is 12.5. The van der Waals surface area contributed by atoms with E-state index in [1.165, 1.54) is 11.1 Å². The van der Waals surface area contributed by atoms with Crippen LogP contribution in [-0.2, 0) is 22.7 Å². The molecule has 7 nitrogen and oxygen atoms in total. The van der Waals surface area contributed by atoms with Gasteiger partial charge in [-0.1, -0.05) is 24.3 Å². The molecular weight excluding hydrogens is 366 g/mol. The van der Waals surface area contributed by atoms with Gasteiger partial charge in [0.05, 0.1) is 0 Å². The van der Waals surface area contributed by atoms with Gasteiger partial charge in [0.25, 0.3) is 0 Å². The van der Waals surface area contributed by atoms with Crippen LogP contribution in [0.15, 0.2) is 29.3 Å². The minimum atomic E-state index is -0.235. The molecule has 1 aromatic carbocycles. The second-order valence-electron chi connectivity index (χ2n) is 7.98. The molecule has 1 aromatic rings. The van der Waals surface area contributed by atoms with Gasteiger partial charge in [-0.25, -0.2) is 0 Å². The van der Waals surface area contributed by atoms with Crippen LogP contribution in [0.5, 0.6) is 0 Å². The molecule has 0 spiro atoms. The summed E-state index contributed by atoms with van der Waals surface area (Å²) in [6.07, 6.45) is 3.75. The highest BCUT2D eigenvalue weighted by molar-refractivity contribution is 5.80. The van der Waals surface area contributed by atoms with Crippen molar-refractivity contribution in [1.82, 2.24) is 15.1 Å². The third kappa shape index (κ3) is 5.95. The maximum atomic E-state index is 12.5. The predicted molar refractivity (Wildman–Crippen MR) is 114 cm³/mol. The number of carbonyl (C=O) groups is 2. The van der Waals surface area contributed by atoms with Crippen molar-refractivity contribution in [3.05, 3.63) is 35.4 Å². The van der Waals surface area contributed by atoms with Crippen LogP contribution < -0.4 is 11.1 Å². The van der Waals surface area contributed by atoms with E-state index in [1.807, 2.05) is 17.0 Å². The van der Waals surface area contributed by atoms with E-state index < -0.39 is 0 Å². The number of nitrogens with one attached hydrogen (secondary N) is 1. The number of guanidine groups is 1. The Kier molecular flexibility index (Phi) is 7.49. The van der Waals surface area contributed by atoms with Crippen molar-refractivity contribution >= 4 is 17.8 Å². The number of likely N-dealkylation sites (tertiary alicyclic amines) is 1. The van der Waals surface area contributed by atoms with Crippen LogP contribution in [0.1, 0.15) is 50.2 Å². The first-order valence-corrected chi connectivity index (χ1v) is 10.7. The van der Waals surface area contributed by atoms with Gasteiger partial charge in [0.1, 0.15) is 0 Å². The van der Waals surface area contributed by atoms with Crippen molar-refractivity contribution in [2.45, 2.75) is 52.1 Å². The summed E-state index contributed by atoms with van der Waals surface area (Å²) in [5.74, 6) is 1.13. The lowest BCUT2D eigenvalue weighted by Crippen LogP contribution is -2.47. The summed E-state index contributed by atoms with van der Waals surface area (Å²) in [7, 11) is 0. The van der Waals surface area contributed by atoms with Crippen molar-refractivity contribution in [2.75, 3.05) is 26.2 Å². The largest absolute Gasteiger partial charge is 0.370 e. The van der Waals surface area contributed by atoms with Gasteiger partial charge in [-0.3, -0.25) is 14.6 Å². The smallest absolute Gasteiger partial charge is 0.223 e. The van der Waals surface area contributed by atoms with Crippen LogP contribution in [-0.4, -0.2) is 53.8 Å². The number of amides is 2. The Morgan fingerprint density at radius 2 is 1.93 bits per heavy atom. The summed E-state index contributed by atoms with van der Waals surface area (Å²) in [5.41, 5.74) is 7.88. The molecular formula is C22H33N5O2. The number of rotatable bonds is 7. The second kappa shape index (κ2) is 10.3. The molecule has 2 aliphatic heterocycles. The highest BCUT2D eigenvalue weighted by atomic mass is 16.2. The normalized spacial score (nSPS) is 19.2. The molecule has 2 amide bonds. The summed E-state index contributed by atoms with van der Waals surface area (Å²) < 4.78 is 0. The first-order chi connectivity index (χ1) is 14.1. The number of nitrogens with two attached hydrogens (primary N) is 1. The predicted octanol–water partition coefficient (Wildman–Crippen LogP) is 1.86. The molecule has 3 N–H and O–H groups in total. The van der Waals surface area contributed by atoms with Crippen LogP contribution in [0.3, 0.4) is 0 Å². The number of piperidine rings is 1. The van der Waals surface area contributed by atoms with Crippen LogP contribution in [0.2, 0.25) is 0 Å². The Morgan fingerprint density at radius 1 is 1.21 bits per heavy atom. The molecule has 0 aromatic heterocycles. The van der Waals surface area contributed by atoms with Gasteiger partial charge >= 0.3 is 0 Å².